The molecule has 1 aromatic carbocycles. The van der Waals surface area contributed by atoms with E-state index in [1.807, 2.05) is 16.8 Å². The van der Waals surface area contributed by atoms with Crippen LogP contribution in [0.4, 0.5) is 5.82 Å². The minimum atomic E-state index is -0.942. The van der Waals surface area contributed by atoms with E-state index in [0.29, 0.717) is 23.5 Å². The molecule has 1 aromatic heterocycles. The lowest BCUT2D eigenvalue weighted by Gasteiger charge is -2.11. The Balaban J connectivity index is 1.55. The van der Waals surface area contributed by atoms with Crippen molar-refractivity contribution >= 4 is 24.3 Å². The first-order valence-corrected chi connectivity index (χ1v) is 7.51. The first-order valence-electron chi connectivity index (χ1n) is 7.51. The minimum Gasteiger partial charge on any atom is -0.423 e. The van der Waals surface area contributed by atoms with Crippen LogP contribution in [0.2, 0.25) is 0 Å². The number of carbonyl (C=O) groups excluding carboxylic acids is 1. The second-order valence-corrected chi connectivity index (χ2v) is 5.73. The lowest BCUT2D eigenvalue weighted by Crippen LogP contribution is -2.29. The third kappa shape index (κ3) is 2.32. The maximum Gasteiger partial charge on any atom is 0.491 e. The number of aromatic nitrogens is 2. The summed E-state index contributed by atoms with van der Waals surface area (Å²) in [5, 5.41) is 17.0. The Morgan fingerprint density at radius 3 is 3.14 bits per heavy atom. The molecule has 0 unspecified atom stereocenters. The summed E-state index contributed by atoms with van der Waals surface area (Å²) in [6, 6.07) is 7.17. The summed E-state index contributed by atoms with van der Waals surface area (Å²) in [7, 11) is -0.942. The average molecular weight is 297 g/mol. The highest BCUT2D eigenvalue weighted by Gasteiger charge is 2.28. The Kier molecular flexibility index (Phi) is 3.24. The van der Waals surface area contributed by atoms with E-state index in [4.69, 9.17) is 4.65 Å². The summed E-state index contributed by atoms with van der Waals surface area (Å²) in [6.45, 7) is 1.29. The van der Waals surface area contributed by atoms with Crippen LogP contribution in [0.5, 0.6) is 0 Å². The van der Waals surface area contributed by atoms with Gasteiger partial charge in [0.2, 0.25) is 0 Å². The van der Waals surface area contributed by atoms with E-state index in [1.54, 1.807) is 12.1 Å². The second kappa shape index (κ2) is 5.26. The Hall–Kier alpha value is -2.12. The van der Waals surface area contributed by atoms with Gasteiger partial charge in [-0.05, 0) is 42.4 Å². The van der Waals surface area contributed by atoms with Crippen LogP contribution in [0, 0.1) is 0 Å². The number of fused-ring (bicyclic) bond motifs is 2. The number of hydrogen-bond acceptors (Lipinski definition) is 4. The molecule has 1 amide bonds. The summed E-state index contributed by atoms with van der Waals surface area (Å²) in [5.74, 6) is 0.358. The van der Waals surface area contributed by atoms with Gasteiger partial charge in [-0.25, -0.2) is 0 Å². The third-order valence-electron chi connectivity index (χ3n) is 4.23. The normalized spacial score (nSPS) is 16.3. The number of nitrogens with one attached hydrogen (secondary N) is 1. The number of carbonyl (C=O) groups is 1. The van der Waals surface area contributed by atoms with Gasteiger partial charge in [-0.2, -0.15) is 5.10 Å². The standard InChI is InChI=1S/C15H16BN3O3/c20-15(10-4-5-11-9-22-16(21)13(11)7-10)17-14-8-12-3-1-2-6-19(12)18-14/h4-5,7-8,21H,1-3,6,9H2,(H,17,18,20). The highest BCUT2D eigenvalue weighted by Crippen LogP contribution is 2.19. The number of rotatable bonds is 2. The molecule has 0 atom stereocenters. The molecule has 0 spiro atoms. The molecular formula is C15H16BN3O3. The van der Waals surface area contributed by atoms with Crippen LogP contribution in [-0.4, -0.2) is 27.8 Å². The Morgan fingerprint density at radius 2 is 2.27 bits per heavy atom. The summed E-state index contributed by atoms with van der Waals surface area (Å²) in [4.78, 5) is 12.4. The number of amides is 1. The molecule has 0 bridgehead atoms. The van der Waals surface area contributed by atoms with Crippen molar-refractivity contribution in [2.45, 2.75) is 32.4 Å². The lowest BCUT2D eigenvalue weighted by atomic mass is 9.79. The van der Waals surface area contributed by atoms with Crippen LogP contribution in [-0.2, 0) is 24.2 Å². The zero-order chi connectivity index (χ0) is 15.1. The molecule has 7 heteroatoms. The summed E-state index contributed by atoms with van der Waals surface area (Å²) in [6.07, 6.45) is 3.30. The van der Waals surface area contributed by atoms with Crippen LogP contribution in [0.25, 0.3) is 0 Å². The van der Waals surface area contributed by atoms with E-state index in [-0.39, 0.29) is 5.91 Å². The van der Waals surface area contributed by atoms with E-state index in [2.05, 4.69) is 10.4 Å². The molecule has 0 fully saturated rings. The van der Waals surface area contributed by atoms with Gasteiger partial charge in [0.05, 0.1) is 6.61 Å². The molecule has 22 heavy (non-hydrogen) atoms. The molecule has 2 aliphatic rings. The van der Waals surface area contributed by atoms with E-state index in [1.165, 1.54) is 12.1 Å². The molecule has 3 heterocycles. The van der Waals surface area contributed by atoms with E-state index >= 15 is 0 Å². The molecule has 6 nitrogen and oxygen atoms in total. The van der Waals surface area contributed by atoms with Crippen molar-refractivity contribution in [2.24, 2.45) is 0 Å². The van der Waals surface area contributed by atoms with Gasteiger partial charge in [-0.3, -0.25) is 9.48 Å². The van der Waals surface area contributed by atoms with Crippen LogP contribution < -0.4 is 10.8 Å². The number of anilines is 1. The quantitative estimate of drug-likeness (QED) is 0.800. The molecule has 2 aliphatic heterocycles. The van der Waals surface area contributed by atoms with Gasteiger partial charge >= 0.3 is 7.12 Å². The molecule has 2 N–H and O–H groups in total. The monoisotopic (exact) mass is 297 g/mol. The van der Waals surface area contributed by atoms with Gasteiger partial charge < -0.3 is 15.0 Å². The Morgan fingerprint density at radius 1 is 1.36 bits per heavy atom. The van der Waals surface area contributed by atoms with Crippen molar-refractivity contribution in [2.75, 3.05) is 5.32 Å². The van der Waals surface area contributed by atoms with Gasteiger partial charge in [0.1, 0.15) is 0 Å². The number of benzene rings is 1. The molecule has 112 valence electrons. The fourth-order valence-corrected chi connectivity index (χ4v) is 3.02. The smallest absolute Gasteiger partial charge is 0.423 e. The lowest BCUT2D eigenvalue weighted by molar-refractivity contribution is 0.102. The summed E-state index contributed by atoms with van der Waals surface area (Å²) in [5.41, 5.74) is 3.24. The zero-order valence-electron chi connectivity index (χ0n) is 12.1. The molecule has 2 aromatic rings. The Bertz CT molecular complexity index is 720. The molecule has 4 rings (SSSR count). The minimum absolute atomic E-state index is 0.225. The number of hydrogen-bond donors (Lipinski definition) is 2. The average Bonchev–Trinajstić information content (AvgIpc) is 3.10. The van der Waals surface area contributed by atoms with E-state index < -0.39 is 7.12 Å². The number of aryl methyl sites for hydroxylation is 2. The molecule has 0 aliphatic carbocycles. The summed E-state index contributed by atoms with van der Waals surface area (Å²) >= 11 is 0. The second-order valence-electron chi connectivity index (χ2n) is 5.73. The van der Waals surface area contributed by atoms with Crippen molar-refractivity contribution in [1.29, 1.82) is 0 Å². The van der Waals surface area contributed by atoms with Crippen molar-refractivity contribution in [3.05, 3.63) is 41.1 Å². The van der Waals surface area contributed by atoms with Gasteiger partial charge in [-0.1, -0.05) is 6.07 Å². The van der Waals surface area contributed by atoms with Gasteiger partial charge in [0.25, 0.3) is 5.91 Å². The fourth-order valence-electron chi connectivity index (χ4n) is 3.02. The van der Waals surface area contributed by atoms with Gasteiger partial charge in [-0.15, -0.1) is 0 Å². The Labute approximate surface area is 128 Å². The van der Waals surface area contributed by atoms with Crippen LogP contribution >= 0.6 is 0 Å². The SMILES string of the molecule is O=C(Nc1cc2n(n1)CCCC2)c1ccc2c(c1)B(O)OC2. The molecular weight excluding hydrogens is 281 g/mol. The predicted molar refractivity (Wildman–Crippen MR) is 82.0 cm³/mol. The van der Waals surface area contributed by atoms with Gasteiger partial charge in [0, 0.05) is 23.9 Å². The highest BCUT2D eigenvalue weighted by atomic mass is 16.5. The van der Waals surface area contributed by atoms with Crippen LogP contribution in [0.15, 0.2) is 24.3 Å². The zero-order valence-corrected chi connectivity index (χ0v) is 12.1. The topological polar surface area (TPSA) is 76.4 Å². The maximum absolute atomic E-state index is 12.4. The molecule has 0 radical (unpaired) electrons. The number of nitrogens with zero attached hydrogens (tertiary/aromatic N) is 2. The highest BCUT2D eigenvalue weighted by molar-refractivity contribution is 6.61. The largest absolute Gasteiger partial charge is 0.491 e. The molecule has 0 saturated carbocycles. The fraction of sp³-hybridized carbons (Fsp3) is 0.333. The third-order valence-corrected chi connectivity index (χ3v) is 4.23. The molecule has 0 saturated heterocycles. The first kappa shape index (κ1) is 13.5. The van der Waals surface area contributed by atoms with Crippen molar-refractivity contribution in [1.82, 2.24) is 9.78 Å². The summed E-state index contributed by atoms with van der Waals surface area (Å²) < 4.78 is 7.10. The van der Waals surface area contributed by atoms with Crippen molar-refractivity contribution < 1.29 is 14.5 Å². The first-order chi connectivity index (χ1) is 10.7. The van der Waals surface area contributed by atoms with E-state index in [9.17, 15) is 9.82 Å². The predicted octanol–water partition coefficient (Wildman–Crippen LogP) is 0.689. The van der Waals surface area contributed by atoms with Crippen LogP contribution in [0.1, 0.15) is 34.5 Å². The maximum atomic E-state index is 12.4. The van der Waals surface area contributed by atoms with Crippen LogP contribution in [0.3, 0.4) is 0 Å². The van der Waals surface area contributed by atoms with Crippen molar-refractivity contribution in [3.8, 4) is 0 Å². The van der Waals surface area contributed by atoms with Gasteiger partial charge in [0.15, 0.2) is 5.82 Å². The van der Waals surface area contributed by atoms with Crippen molar-refractivity contribution in [3.63, 3.8) is 0 Å². The van der Waals surface area contributed by atoms with E-state index in [0.717, 1.165) is 24.9 Å².